The molecule has 2 aliphatic heterocycles. The molecule has 1 aromatic rings. The molecule has 3 atom stereocenters. The maximum Gasteiger partial charge on any atom is 0.338 e. The SMILES string of the molecule is C[N+]12CCCCC1C(COC(=O)c1ccccc1)CCC2. The summed E-state index contributed by atoms with van der Waals surface area (Å²) in [6.45, 7) is 3.19. The molecule has 0 amide bonds. The smallest absolute Gasteiger partial charge is 0.338 e. The molecule has 3 rings (SSSR count). The number of fused-ring (bicyclic) bond motifs is 1. The molecule has 0 N–H and O–H groups in total. The third kappa shape index (κ3) is 3.13. The van der Waals surface area contributed by atoms with Crippen molar-refractivity contribution < 1.29 is 14.0 Å². The van der Waals surface area contributed by atoms with E-state index in [9.17, 15) is 4.79 Å². The van der Waals surface area contributed by atoms with Crippen molar-refractivity contribution in [1.82, 2.24) is 0 Å². The fourth-order valence-corrected chi connectivity index (χ4v) is 4.27. The first kappa shape index (κ1) is 14.6. The van der Waals surface area contributed by atoms with Crippen LogP contribution in [0.3, 0.4) is 0 Å². The Labute approximate surface area is 127 Å². The number of hydrogen-bond donors (Lipinski definition) is 0. The molecule has 2 aliphatic rings. The van der Waals surface area contributed by atoms with Gasteiger partial charge in [-0.25, -0.2) is 4.79 Å². The van der Waals surface area contributed by atoms with Crippen molar-refractivity contribution in [2.45, 2.75) is 38.1 Å². The second-order valence-electron chi connectivity index (χ2n) is 6.86. The van der Waals surface area contributed by atoms with E-state index in [4.69, 9.17) is 4.74 Å². The van der Waals surface area contributed by atoms with Gasteiger partial charge in [0.1, 0.15) is 6.61 Å². The summed E-state index contributed by atoms with van der Waals surface area (Å²) in [5.41, 5.74) is 0.661. The van der Waals surface area contributed by atoms with E-state index in [0.717, 1.165) is 0 Å². The van der Waals surface area contributed by atoms with Gasteiger partial charge >= 0.3 is 5.97 Å². The number of carbonyl (C=O) groups excluding carboxylic acids is 1. The molecule has 0 aliphatic carbocycles. The number of carbonyl (C=O) groups is 1. The lowest BCUT2D eigenvalue weighted by Crippen LogP contribution is -2.61. The number of rotatable bonds is 3. The summed E-state index contributed by atoms with van der Waals surface area (Å²) < 4.78 is 6.81. The Hall–Kier alpha value is -1.35. The molecule has 3 heteroatoms. The number of esters is 1. The minimum Gasteiger partial charge on any atom is -0.462 e. The van der Waals surface area contributed by atoms with Crippen LogP contribution in [0.15, 0.2) is 30.3 Å². The highest BCUT2D eigenvalue weighted by molar-refractivity contribution is 5.89. The van der Waals surface area contributed by atoms with Crippen LogP contribution in [0.5, 0.6) is 0 Å². The number of benzene rings is 1. The maximum atomic E-state index is 12.1. The molecule has 2 fully saturated rings. The van der Waals surface area contributed by atoms with E-state index in [0.29, 0.717) is 24.1 Å². The number of piperidine rings is 2. The summed E-state index contributed by atoms with van der Waals surface area (Å²) in [4.78, 5) is 12.1. The van der Waals surface area contributed by atoms with Crippen LogP contribution in [0.25, 0.3) is 0 Å². The minimum absolute atomic E-state index is 0.175. The Morgan fingerprint density at radius 3 is 2.71 bits per heavy atom. The summed E-state index contributed by atoms with van der Waals surface area (Å²) in [7, 11) is 2.40. The monoisotopic (exact) mass is 288 g/mol. The normalized spacial score (nSPS) is 32.2. The van der Waals surface area contributed by atoms with Crippen LogP contribution in [0.1, 0.15) is 42.5 Å². The van der Waals surface area contributed by atoms with Crippen LogP contribution in [0.2, 0.25) is 0 Å². The van der Waals surface area contributed by atoms with Crippen molar-refractivity contribution in [2.75, 3.05) is 26.7 Å². The standard InChI is InChI=1S/C18H26NO2/c1-19-12-6-5-11-17(19)16(10-7-13-19)14-21-18(20)15-8-3-2-4-9-15/h2-4,8-9,16-17H,5-7,10-14H2,1H3/q+1. The first-order valence-corrected chi connectivity index (χ1v) is 8.25. The van der Waals surface area contributed by atoms with Crippen molar-refractivity contribution >= 4 is 5.97 Å². The Morgan fingerprint density at radius 2 is 1.90 bits per heavy atom. The number of quaternary nitrogens is 1. The molecule has 3 unspecified atom stereocenters. The fourth-order valence-electron chi connectivity index (χ4n) is 4.27. The first-order valence-electron chi connectivity index (χ1n) is 8.25. The second kappa shape index (κ2) is 6.18. The highest BCUT2D eigenvalue weighted by Gasteiger charge is 2.43. The van der Waals surface area contributed by atoms with Gasteiger partial charge in [-0.2, -0.15) is 0 Å². The van der Waals surface area contributed by atoms with E-state index in [-0.39, 0.29) is 5.97 Å². The highest BCUT2D eigenvalue weighted by Crippen LogP contribution is 2.36. The van der Waals surface area contributed by atoms with E-state index in [1.807, 2.05) is 30.3 Å². The molecule has 0 saturated carbocycles. The lowest BCUT2D eigenvalue weighted by Gasteiger charge is -2.51. The van der Waals surface area contributed by atoms with E-state index in [2.05, 4.69) is 7.05 Å². The quantitative estimate of drug-likeness (QED) is 0.630. The lowest BCUT2D eigenvalue weighted by molar-refractivity contribution is -0.947. The second-order valence-corrected chi connectivity index (χ2v) is 6.86. The summed E-state index contributed by atoms with van der Waals surface area (Å²) in [5, 5.41) is 0. The minimum atomic E-state index is -0.175. The van der Waals surface area contributed by atoms with Gasteiger partial charge in [-0.15, -0.1) is 0 Å². The van der Waals surface area contributed by atoms with Gasteiger partial charge in [0, 0.05) is 12.3 Å². The van der Waals surface area contributed by atoms with Gasteiger partial charge in [-0.3, -0.25) is 0 Å². The Morgan fingerprint density at radius 1 is 1.14 bits per heavy atom. The molecule has 2 saturated heterocycles. The summed E-state index contributed by atoms with van der Waals surface area (Å²) in [6, 6.07) is 10.0. The third-order valence-electron chi connectivity index (χ3n) is 5.45. The molecule has 114 valence electrons. The van der Waals surface area contributed by atoms with Crippen LogP contribution in [0, 0.1) is 5.92 Å². The fraction of sp³-hybridized carbons (Fsp3) is 0.611. The molecular formula is C18H26NO2+. The molecule has 0 aromatic heterocycles. The number of ether oxygens (including phenoxy) is 1. The zero-order valence-corrected chi connectivity index (χ0v) is 13.0. The molecular weight excluding hydrogens is 262 g/mol. The number of hydrogen-bond acceptors (Lipinski definition) is 2. The van der Waals surface area contributed by atoms with Gasteiger partial charge in [0.05, 0.1) is 31.7 Å². The molecule has 21 heavy (non-hydrogen) atoms. The van der Waals surface area contributed by atoms with Crippen LogP contribution in [-0.2, 0) is 4.74 Å². The van der Waals surface area contributed by atoms with E-state index >= 15 is 0 Å². The number of nitrogens with zero attached hydrogens (tertiary/aromatic N) is 1. The van der Waals surface area contributed by atoms with Gasteiger partial charge in [-0.05, 0) is 37.8 Å². The van der Waals surface area contributed by atoms with Crippen molar-refractivity contribution in [2.24, 2.45) is 5.92 Å². The van der Waals surface area contributed by atoms with Gasteiger partial charge in [0.2, 0.25) is 0 Å². The van der Waals surface area contributed by atoms with Crippen LogP contribution >= 0.6 is 0 Å². The predicted octanol–water partition coefficient (Wildman–Crippen LogP) is 3.25. The summed E-state index contributed by atoms with van der Waals surface area (Å²) in [6.07, 6.45) is 6.45. The van der Waals surface area contributed by atoms with Gasteiger partial charge in [-0.1, -0.05) is 18.2 Å². The molecule has 0 radical (unpaired) electrons. The average Bonchev–Trinajstić information content (AvgIpc) is 2.52. The molecule has 1 aromatic carbocycles. The van der Waals surface area contributed by atoms with Gasteiger partial charge in [0.25, 0.3) is 0 Å². The molecule has 3 nitrogen and oxygen atoms in total. The lowest BCUT2D eigenvalue weighted by atomic mass is 9.82. The summed E-state index contributed by atoms with van der Waals surface area (Å²) in [5.74, 6) is 0.364. The maximum absolute atomic E-state index is 12.1. The van der Waals surface area contributed by atoms with E-state index in [1.54, 1.807) is 0 Å². The van der Waals surface area contributed by atoms with Crippen molar-refractivity contribution in [3.05, 3.63) is 35.9 Å². The van der Waals surface area contributed by atoms with Crippen LogP contribution < -0.4 is 0 Å². The Bertz CT molecular complexity index is 483. The first-order chi connectivity index (χ1) is 10.2. The van der Waals surface area contributed by atoms with Crippen LogP contribution in [0.4, 0.5) is 0 Å². The van der Waals surface area contributed by atoms with E-state index in [1.165, 1.54) is 49.7 Å². The molecule has 0 bridgehead atoms. The predicted molar refractivity (Wildman–Crippen MR) is 83.0 cm³/mol. The van der Waals surface area contributed by atoms with Gasteiger partial charge < -0.3 is 9.22 Å². The highest BCUT2D eigenvalue weighted by atomic mass is 16.5. The van der Waals surface area contributed by atoms with Crippen molar-refractivity contribution in [3.63, 3.8) is 0 Å². The van der Waals surface area contributed by atoms with Crippen molar-refractivity contribution in [3.8, 4) is 0 Å². The van der Waals surface area contributed by atoms with Crippen LogP contribution in [-0.4, -0.2) is 43.2 Å². The van der Waals surface area contributed by atoms with Gasteiger partial charge in [0.15, 0.2) is 0 Å². The Kier molecular flexibility index (Phi) is 4.29. The van der Waals surface area contributed by atoms with E-state index < -0.39 is 0 Å². The zero-order valence-electron chi connectivity index (χ0n) is 13.0. The summed E-state index contributed by atoms with van der Waals surface area (Å²) >= 11 is 0. The average molecular weight is 288 g/mol. The third-order valence-corrected chi connectivity index (χ3v) is 5.45. The Balaban J connectivity index is 1.61. The molecule has 0 spiro atoms. The van der Waals surface area contributed by atoms with Crippen molar-refractivity contribution in [1.29, 1.82) is 0 Å². The largest absolute Gasteiger partial charge is 0.462 e. The molecule has 2 heterocycles. The zero-order chi connectivity index (χ0) is 14.7. The topological polar surface area (TPSA) is 26.3 Å².